The molecule has 1 fully saturated rings. The standard InChI is InChI=1S/C10H13ClN2O2/c11-7-3-8(12-4-7)10(15)13-5-9(14)6-1-2-6/h3-4,6,9,12,14H,1-2,5H2,(H,13,15). The van der Waals surface area contributed by atoms with Crippen molar-refractivity contribution in [3.8, 4) is 0 Å². The van der Waals surface area contributed by atoms with Crippen LogP contribution in [0.25, 0.3) is 0 Å². The van der Waals surface area contributed by atoms with E-state index in [4.69, 9.17) is 11.6 Å². The molecule has 0 aliphatic heterocycles. The number of hydrogen-bond acceptors (Lipinski definition) is 2. The Labute approximate surface area is 92.6 Å². The van der Waals surface area contributed by atoms with Crippen LogP contribution in [0.5, 0.6) is 0 Å². The first-order valence-electron chi connectivity index (χ1n) is 4.97. The molecule has 1 amide bonds. The number of aliphatic hydroxyl groups is 1. The van der Waals surface area contributed by atoms with Gasteiger partial charge < -0.3 is 15.4 Å². The van der Waals surface area contributed by atoms with E-state index in [2.05, 4.69) is 10.3 Å². The van der Waals surface area contributed by atoms with Gasteiger partial charge >= 0.3 is 0 Å². The van der Waals surface area contributed by atoms with Crippen LogP contribution in [-0.4, -0.2) is 28.6 Å². The Hall–Kier alpha value is -1.00. The van der Waals surface area contributed by atoms with Crippen LogP contribution >= 0.6 is 11.6 Å². The van der Waals surface area contributed by atoms with Crippen molar-refractivity contribution in [1.82, 2.24) is 10.3 Å². The van der Waals surface area contributed by atoms with Crippen LogP contribution in [0.15, 0.2) is 12.3 Å². The lowest BCUT2D eigenvalue weighted by Gasteiger charge is -2.09. The van der Waals surface area contributed by atoms with E-state index in [-0.39, 0.29) is 5.91 Å². The largest absolute Gasteiger partial charge is 0.391 e. The van der Waals surface area contributed by atoms with Crippen LogP contribution in [0.2, 0.25) is 5.02 Å². The molecule has 1 aliphatic rings. The molecular formula is C10H13ClN2O2. The van der Waals surface area contributed by atoms with Crippen LogP contribution in [0, 0.1) is 5.92 Å². The van der Waals surface area contributed by atoms with Gasteiger partial charge in [0.2, 0.25) is 0 Å². The number of carbonyl (C=O) groups is 1. The number of rotatable bonds is 4. The molecule has 0 spiro atoms. The Morgan fingerprint density at radius 2 is 2.47 bits per heavy atom. The van der Waals surface area contributed by atoms with Crippen LogP contribution in [0.1, 0.15) is 23.3 Å². The number of hydrogen-bond donors (Lipinski definition) is 3. The minimum atomic E-state index is -0.417. The molecule has 82 valence electrons. The highest BCUT2D eigenvalue weighted by Crippen LogP contribution is 2.32. The lowest BCUT2D eigenvalue weighted by Crippen LogP contribution is -2.33. The van der Waals surface area contributed by atoms with Crippen LogP contribution < -0.4 is 5.32 Å². The summed E-state index contributed by atoms with van der Waals surface area (Å²) in [5, 5.41) is 12.7. The van der Waals surface area contributed by atoms with Crippen LogP contribution in [0.4, 0.5) is 0 Å². The third-order valence-electron chi connectivity index (χ3n) is 2.53. The second-order valence-electron chi connectivity index (χ2n) is 3.85. The minimum Gasteiger partial charge on any atom is -0.391 e. The summed E-state index contributed by atoms with van der Waals surface area (Å²) in [5.41, 5.74) is 0.419. The first-order valence-corrected chi connectivity index (χ1v) is 5.35. The molecule has 3 N–H and O–H groups in total. The van der Waals surface area contributed by atoms with E-state index in [0.29, 0.717) is 23.2 Å². The van der Waals surface area contributed by atoms with Crippen LogP contribution in [0.3, 0.4) is 0 Å². The van der Waals surface area contributed by atoms with Gasteiger partial charge in [-0.3, -0.25) is 4.79 Å². The fourth-order valence-corrected chi connectivity index (χ4v) is 1.60. The Kier molecular flexibility index (Phi) is 2.98. The molecule has 2 rings (SSSR count). The zero-order chi connectivity index (χ0) is 10.8. The zero-order valence-electron chi connectivity index (χ0n) is 8.16. The van der Waals surface area contributed by atoms with Crippen molar-refractivity contribution in [3.63, 3.8) is 0 Å². The molecular weight excluding hydrogens is 216 g/mol. The summed E-state index contributed by atoms with van der Waals surface area (Å²) in [4.78, 5) is 14.2. The minimum absolute atomic E-state index is 0.235. The lowest BCUT2D eigenvalue weighted by atomic mass is 10.2. The predicted molar refractivity (Wildman–Crippen MR) is 56.9 cm³/mol. The van der Waals surface area contributed by atoms with Crippen molar-refractivity contribution in [1.29, 1.82) is 0 Å². The van der Waals surface area contributed by atoms with E-state index in [1.54, 1.807) is 12.3 Å². The van der Waals surface area contributed by atoms with E-state index in [1.165, 1.54) is 0 Å². The Balaban J connectivity index is 1.81. The number of aromatic nitrogens is 1. The predicted octanol–water partition coefficient (Wildman–Crippen LogP) is 1.17. The van der Waals surface area contributed by atoms with Crippen molar-refractivity contribution < 1.29 is 9.90 Å². The lowest BCUT2D eigenvalue weighted by molar-refractivity contribution is 0.0897. The molecule has 1 heterocycles. The highest BCUT2D eigenvalue weighted by Gasteiger charge is 2.29. The third kappa shape index (κ3) is 2.73. The quantitative estimate of drug-likeness (QED) is 0.724. The molecule has 4 nitrogen and oxygen atoms in total. The average molecular weight is 229 g/mol. The number of carbonyl (C=O) groups excluding carboxylic acids is 1. The van der Waals surface area contributed by atoms with Crippen LogP contribution in [-0.2, 0) is 0 Å². The van der Waals surface area contributed by atoms with E-state index in [1.807, 2.05) is 0 Å². The molecule has 1 aromatic rings. The Morgan fingerprint density at radius 1 is 1.73 bits per heavy atom. The summed E-state index contributed by atoms with van der Waals surface area (Å²) in [5.74, 6) is 0.138. The summed E-state index contributed by atoms with van der Waals surface area (Å²) < 4.78 is 0. The second-order valence-corrected chi connectivity index (χ2v) is 4.28. The second kappa shape index (κ2) is 4.24. The van der Waals surface area contributed by atoms with Crippen molar-refractivity contribution >= 4 is 17.5 Å². The van der Waals surface area contributed by atoms with E-state index in [9.17, 15) is 9.90 Å². The highest BCUT2D eigenvalue weighted by atomic mass is 35.5. The zero-order valence-corrected chi connectivity index (χ0v) is 8.92. The number of nitrogens with one attached hydrogen (secondary N) is 2. The maximum atomic E-state index is 11.5. The van der Waals surface area contributed by atoms with Gasteiger partial charge in [-0.05, 0) is 24.8 Å². The first kappa shape index (κ1) is 10.5. The molecule has 1 atom stereocenters. The summed E-state index contributed by atoms with van der Waals surface area (Å²) in [6.07, 6.45) is 3.25. The Bertz CT molecular complexity index is 360. The molecule has 0 aromatic carbocycles. The van der Waals surface area contributed by atoms with Gasteiger partial charge in [-0.2, -0.15) is 0 Å². The van der Waals surface area contributed by atoms with E-state index in [0.717, 1.165) is 12.8 Å². The van der Waals surface area contributed by atoms with Crippen molar-refractivity contribution in [2.45, 2.75) is 18.9 Å². The molecule has 0 radical (unpaired) electrons. The van der Waals surface area contributed by atoms with E-state index >= 15 is 0 Å². The summed E-state index contributed by atoms with van der Waals surface area (Å²) in [7, 11) is 0. The van der Waals surface area contributed by atoms with Gasteiger partial charge in [0.15, 0.2) is 0 Å². The highest BCUT2D eigenvalue weighted by molar-refractivity contribution is 6.30. The fourth-order valence-electron chi connectivity index (χ4n) is 1.44. The smallest absolute Gasteiger partial charge is 0.267 e. The normalized spacial score (nSPS) is 17.5. The molecule has 5 heteroatoms. The molecule has 0 bridgehead atoms. The summed E-state index contributed by atoms with van der Waals surface area (Å²) in [6, 6.07) is 1.56. The van der Waals surface area contributed by atoms with Gasteiger partial charge in [0.05, 0.1) is 11.1 Å². The number of amides is 1. The SMILES string of the molecule is O=C(NCC(O)C1CC1)c1cc(Cl)c[nH]1. The van der Waals surface area contributed by atoms with Crippen molar-refractivity contribution in [3.05, 3.63) is 23.0 Å². The first-order chi connectivity index (χ1) is 7.16. The maximum absolute atomic E-state index is 11.5. The average Bonchev–Trinajstić information content (AvgIpc) is 2.97. The molecule has 15 heavy (non-hydrogen) atoms. The molecule has 0 saturated heterocycles. The van der Waals surface area contributed by atoms with Gasteiger partial charge in [0.25, 0.3) is 5.91 Å². The van der Waals surface area contributed by atoms with Gasteiger partial charge in [0.1, 0.15) is 5.69 Å². The molecule has 1 aliphatic carbocycles. The van der Waals surface area contributed by atoms with Gasteiger partial charge in [0, 0.05) is 12.7 Å². The van der Waals surface area contributed by atoms with E-state index < -0.39 is 6.10 Å². The number of H-pyrrole nitrogens is 1. The summed E-state index contributed by atoms with van der Waals surface area (Å²) >= 11 is 5.67. The van der Waals surface area contributed by atoms with Gasteiger partial charge in [-0.1, -0.05) is 11.6 Å². The van der Waals surface area contributed by atoms with Crippen molar-refractivity contribution in [2.24, 2.45) is 5.92 Å². The topological polar surface area (TPSA) is 65.1 Å². The van der Waals surface area contributed by atoms with Gasteiger partial charge in [-0.15, -0.1) is 0 Å². The number of halogens is 1. The van der Waals surface area contributed by atoms with Crippen molar-refractivity contribution in [2.75, 3.05) is 6.54 Å². The number of aliphatic hydroxyl groups excluding tert-OH is 1. The van der Waals surface area contributed by atoms with Gasteiger partial charge in [-0.25, -0.2) is 0 Å². The Morgan fingerprint density at radius 3 is 3.00 bits per heavy atom. The fraction of sp³-hybridized carbons (Fsp3) is 0.500. The third-order valence-corrected chi connectivity index (χ3v) is 2.75. The summed E-state index contributed by atoms with van der Waals surface area (Å²) in [6.45, 7) is 0.306. The monoisotopic (exact) mass is 228 g/mol. The number of aromatic amines is 1. The molecule has 1 unspecified atom stereocenters. The molecule has 1 saturated carbocycles. The maximum Gasteiger partial charge on any atom is 0.267 e. The molecule has 1 aromatic heterocycles.